The molecule has 0 spiro atoms. The summed E-state index contributed by atoms with van der Waals surface area (Å²) in [6.45, 7) is 14.9. The third kappa shape index (κ3) is 6.45. The molecule has 0 unspecified atom stereocenters. The number of amides is 2. The predicted octanol–water partition coefficient (Wildman–Crippen LogP) is 0.766. The molecule has 2 N–H and O–H groups in total. The number of carbonyl (C=O) groups excluding carboxylic acids is 2. The Hall–Kier alpha value is -1.66. The largest absolute Gasteiger partial charge is 0.352 e. The minimum atomic E-state index is 0.0281. The molecule has 0 bridgehead atoms. The minimum absolute atomic E-state index is 0.0281. The summed E-state index contributed by atoms with van der Waals surface area (Å²) >= 11 is 0. The van der Waals surface area contributed by atoms with Gasteiger partial charge in [-0.05, 0) is 12.8 Å². The van der Waals surface area contributed by atoms with Crippen molar-refractivity contribution in [3.8, 4) is 0 Å². The van der Waals surface area contributed by atoms with E-state index in [0.29, 0.717) is 26.2 Å². The van der Waals surface area contributed by atoms with E-state index in [9.17, 15) is 9.59 Å². The van der Waals surface area contributed by atoms with Crippen LogP contribution < -0.4 is 10.6 Å². The van der Waals surface area contributed by atoms with Gasteiger partial charge in [0, 0.05) is 38.3 Å². The lowest BCUT2D eigenvalue weighted by Crippen LogP contribution is -2.60. The van der Waals surface area contributed by atoms with E-state index in [1.54, 1.807) is 12.2 Å². The van der Waals surface area contributed by atoms with Crippen molar-refractivity contribution in [2.24, 2.45) is 0 Å². The maximum atomic E-state index is 12.0. The molecule has 1 aliphatic rings. The first-order chi connectivity index (χ1) is 11.5. The Labute approximate surface area is 146 Å². The highest BCUT2D eigenvalue weighted by molar-refractivity contribution is 5.78. The van der Waals surface area contributed by atoms with Crippen LogP contribution >= 0.6 is 0 Å². The van der Waals surface area contributed by atoms with Crippen LogP contribution in [0.25, 0.3) is 0 Å². The summed E-state index contributed by atoms with van der Waals surface area (Å²) < 4.78 is 0. The number of nitrogens with zero attached hydrogens (tertiary/aromatic N) is 2. The Morgan fingerprint density at radius 1 is 0.917 bits per heavy atom. The van der Waals surface area contributed by atoms with Crippen LogP contribution in [-0.2, 0) is 9.59 Å². The fourth-order valence-electron chi connectivity index (χ4n) is 3.09. The van der Waals surface area contributed by atoms with E-state index in [4.69, 9.17) is 0 Å². The van der Waals surface area contributed by atoms with Crippen molar-refractivity contribution >= 4 is 11.8 Å². The molecule has 0 aliphatic carbocycles. The molecule has 1 rings (SSSR count). The quantitative estimate of drug-likeness (QED) is 0.578. The molecule has 2 atom stereocenters. The summed E-state index contributed by atoms with van der Waals surface area (Å²) in [6.07, 6.45) is 5.28. The number of carbonyl (C=O) groups is 2. The average Bonchev–Trinajstić information content (AvgIpc) is 2.58. The topological polar surface area (TPSA) is 64.7 Å². The van der Waals surface area contributed by atoms with Gasteiger partial charge in [-0.15, -0.1) is 13.2 Å². The molecule has 6 nitrogen and oxygen atoms in total. The van der Waals surface area contributed by atoms with Crippen molar-refractivity contribution in [1.82, 2.24) is 20.4 Å². The van der Waals surface area contributed by atoms with Crippen molar-refractivity contribution in [1.29, 1.82) is 0 Å². The van der Waals surface area contributed by atoms with Crippen LogP contribution in [0, 0.1) is 0 Å². The molecular formula is C18H32N4O2. The van der Waals surface area contributed by atoms with Gasteiger partial charge >= 0.3 is 0 Å². The molecule has 0 aromatic rings. The first-order valence-corrected chi connectivity index (χ1v) is 8.78. The van der Waals surface area contributed by atoms with Gasteiger partial charge in [-0.3, -0.25) is 19.4 Å². The van der Waals surface area contributed by atoms with Crippen LogP contribution in [0.15, 0.2) is 25.3 Å². The highest BCUT2D eigenvalue weighted by Crippen LogP contribution is 2.19. The molecule has 1 saturated heterocycles. The van der Waals surface area contributed by atoms with Gasteiger partial charge < -0.3 is 10.6 Å². The molecule has 1 aliphatic heterocycles. The molecule has 0 radical (unpaired) electrons. The van der Waals surface area contributed by atoms with Crippen LogP contribution in [0.4, 0.5) is 0 Å². The van der Waals surface area contributed by atoms with Gasteiger partial charge in [0.15, 0.2) is 0 Å². The molecular weight excluding hydrogens is 304 g/mol. The molecule has 6 heteroatoms. The summed E-state index contributed by atoms with van der Waals surface area (Å²) in [5.41, 5.74) is 0. The van der Waals surface area contributed by atoms with Crippen molar-refractivity contribution in [3.05, 3.63) is 25.3 Å². The monoisotopic (exact) mass is 336 g/mol. The van der Waals surface area contributed by atoms with Crippen LogP contribution in [0.5, 0.6) is 0 Å². The number of nitrogens with one attached hydrogen (secondary N) is 2. The van der Waals surface area contributed by atoms with Crippen LogP contribution in [-0.4, -0.2) is 73.0 Å². The van der Waals surface area contributed by atoms with E-state index in [1.165, 1.54) is 0 Å². The van der Waals surface area contributed by atoms with Crippen molar-refractivity contribution in [2.45, 2.75) is 38.8 Å². The standard InChI is InChI=1S/C18H32N4O2/c1-5-9-19-17(23)13-21-11-16(8-4)22(12-15(21)7-3)14-18(24)20-10-6-2/h5-6,15-16H,1-2,7-14H2,3-4H3,(H,19,23)(H,20,24)/t15-,16-/m1/s1. The van der Waals surface area contributed by atoms with Crippen molar-refractivity contribution in [3.63, 3.8) is 0 Å². The second-order valence-corrected chi connectivity index (χ2v) is 6.17. The van der Waals surface area contributed by atoms with E-state index >= 15 is 0 Å². The molecule has 0 aromatic heterocycles. The lowest BCUT2D eigenvalue weighted by molar-refractivity contribution is -0.127. The highest BCUT2D eigenvalue weighted by Gasteiger charge is 2.33. The van der Waals surface area contributed by atoms with Gasteiger partial charge in [-0.2, -0.15) is 0 Å². The molecule has 0 saturated carbocycles. The summed E-state index contributed by atoms with van der Waals surface area (Å²) in [6, 6.07) is 0.573. The second kappa shape index (κ2) is 11.0. The Morgan fingerprint density at radius 3 is 1.58 bits per heavy atom. The first-order valence-electron chi connectivity index (χ1n) is 8.78. The summed E-state index contributed by atoms with van der Waals surface area (Å²) in [4.78, 5) is 28.5. The van der Waals surface area contributed by atoms with E-state index in [0.717, 1.165) is 25.9 Å². The van der Waals surface area contributed by atoms with E-state index < -0.39 is 0 Å². The van der Waals surface area contributed by atoms with Gasteiger partial charge in [0.25, 0.3) is 0 Å². The smallest absolute Gasteiger partial charge is 0.234 e. The zero-order valence-corrected chi connectivity index (χ0v) is 15.1. The summed E-state index contributed by atoms with van der Waals surface area (Å²) in [5.74, 6) is 0.0563. The van der Waals surface area contributed by atoms with Gasteiger partial charge in [-0.1, -0.05) is 26.0 Å². The lowest BCUT2D eigenvalue weighted by atomic mass is 10.0. The number of hydrogen-bond acceptors (Lipinski definition) is 4. The summed E-state index contributed by atoms with van der Waals surface area (Å²) in [7, 11) is 0. The van der Waals surface area contributed by atoms with Crippen LogP contribution in [0.3, 0.4) is 0 Å². The van der Waals surface area contributed by atoms with Gasteiger partial charge in [0.05, 0.1) is 13.1 Å². The fourth-order valence-corrected chi connectivity index (χ4v) is 3.09. The Bertz CT molecular complexity index is 399. The zero-order chi connectivity index (χ0) is 17.9. The maximum absolute atomic E-state index is 12.0. The van der Waals surface area contributed by atoms with Gasteiger partial charge in [0.2, 0.25) is 11.8 Å². The van der Waals surface area contributed by atoms with E-state index in [-0.39, 0.29) is 23.9 Å². The number of hydrogen-bond donors (Lipinski definition) is 2. The average molecular weight is 336 g/mol. The molecule has 1 heterocycles. The zero-order valence-electron chi connectivity index (χ0n) is 15.1. The highest BCUT2D eigenvalue weighted by atomic mass is 16.2. The molecule has 136 valence electrons. The summed E-state index contributed by atoms with van der Waals surface area (Å²) in [5, 5.41) is 5.68. The number of piperazine rings is 1. The van der Waals surface area contributed by atoms with E-state index in [2.05, 4.69) is 47.4 Å². The van der Waals surface area contributed by atoms with Crippen molar-refractivity contribution < 1.29 is 9.59 Å². The van der Waals surface area contributed by atoms with Crippen LogP contribution in [0.1, 0.15) is 26.7 Å². The minimum Gasteiger partial charge on any atom is -0.352 e. The molecule has 24 heavy (non-hydrogen) atoms. The van der Waals surface area contributed by atoms with Crippen LogP contribution in [0.2, 0.25) is 0 Å². The number of rotatable bonds is 10. The second-order valence-electron chi connectivity index (χ2n) is 6.17. The SMILES string of the molecule is C=CCNC(=O)CN1C[C@@H](CC)N(CC(=O)NCC=C)C[C@H]1CC. The Morgan fingerprint density at radius 2 is 1.29 bits per heavy atom. The lowest BCUT2D eigenvalue weighted by Gasteiger charge is -2.45. The van der Waals surface area contributed by atoms with Gasteiger partial charge in [-0.25, -0.2) is 0 Å². The Kier molecular flexibility index (Phi) is 9.34. The molecule has 1 fully saturated rings. The third-order valence-corrected chi connectivity index (χ3v) is 4.45. The third-order valence-electron chi connectivity index (χ3n) is 4.45. The fraction of sp³-hybridized carbons (Fsp3) is 0.667. The Balaban J connectivity index is 2.64. The first kappa shape index (κ1) is 20.4. The normalized spacial score (nSPS) is 21.9. The predicted molar refractivity (Wildman–Crippen MR) is 97.7 cm³/mol. The van der Waals surface area contributed by atoms with Crippen molar-refractivity contribution in [2.75, 3.05) is 39.3 Å². The van der Waals surface area contributed by atoms with Gasteiger partial charge in [0.1, 0.15) is 0 Å². The molecule has 0 aromatic carbocycles. The van der Waals surface area contributed by atoms with E-state index in [1.807, 2.05) is 0 Å². The maximum Gasteiger partial charge on any atom is 0.234 e. The molecule has 2 amide bonds.